The van der Waals surface area contributed by atoms with Gasteiger partial charge in [-0.3, -0.25) is 19.8 Å². The van der Waals surface area contributed by atoms with Gasteiger partial charge in [0, 0.05) is 79.1 Å². The molecule has 6 aromatic rings. The molecule has 1 aliphatic carbocycles. The van der Waals surface area contributed by atoms with Gasteiger partial charge in [0.1, 0.15) is 28.7 Å². The molecule has 3 aliphatic rings. The molecule has 330 valence electrons. The van der Waals surface area contributed by atoms with Crippen LogP contribution in [0.3, 0.4) is 0 Å². The van der Waals surface area contributed by atoms with Gasteiger partial charge in [-0.1, -0.05) is 55.3 Å². The first kappa shape index (κ1) is 43.0. The third kappa shape index (κ3) is 9.19. The van der Waals surface area contributed by atoms with Crippen LogP contribution < -0.4 is 19.1 Å². The molecule has 0 bridgehead atoms. The Kier molecular flexibility index (Phi) is 11.7. The highest BCUT2D eigenvalue weighted by Gasteiger charge is 2.34. The normalized spacial score (nSPS) is 17.8. The zero-order valence-electron chi connectivity index (χ0n) is 35.3. The number of carbonyl (C=O) groups excluding carboxylic acids is 1. The van der Waals surface area contributed by atoms with E-state index >= 15 is 0 Å². The molecule has 0 spiro atoms. The number of allylic oxidation sites excluding steroid dienone is 1. The van der Waals surface area contributed by atoms with Gasteiger partial charge in [-0.25, -0.2) is 22.5 Å². The van der Waals surface area contributed by atoms with Gasteiger partial charge in [0.05, 0.1) is 33.7 Å². The van der Waals surface area contributed by atoms with E-state index in [1.807, 2.05) is 18.2 Å². The highest BCUT2D eigenvalue weighted by molar-refractivity contribution is 7.90. The number of pyridine rings is 1. The minimum absolute atomic E-state index is 0.0166. The minimum atomic E-state index is -4.68. The van der Waals surface area contributed by atoms with Gasteiger partial charge >= 0.3 is 0 Å². The summed E-state index contributed by atoms with van der Waals surface area (Å²) in [5, 5.41) is 13.8. The molecule has 4 aromatic carbocycles. The highest BCUT2D eigenvalue weighted by atomic mass is 35.5. The number of aromatic amines is 1. The molecule has 9 rings (SSSR count). The molecule has 13 nitrogen and oxygen atoms in total. The van der Waals surface area contributed by atoms with E-state index in [1.54, 1.807) is 36.5 Å². The Labute approximate surface area is 375 Å². The Morgan fingerprint density at radius 3 is 2.55 bits per heavy atom. The van der Waals surface area contributed by atoms with Crippen LogP contribution >= 0.6 is 11.6 Å². The van der Waals surface area contributed by atoms with Gasteiger partial charge in [-0.15, -0.1) is 0 Å². The summed E-state index contributed by atoms with van der Waals surface area (Å²) in [5.41, 5.74) is 6.09. The number of rotatable bonds is 11. The summed E-state index contributed by atoms with van der Waals surface area (Å²) in [6.45, 7) is 8.61. The topological polar surface area (TPSA) is 160 Å². The van der Waals surface area contributed by atoms with E-state index in [4.69, 9.17) is 21.1 Å². The van der Waals surface area contributed by atoms with Crippen molar-refractivity contribution in [1.29, 1.82) is 0 Å². The van der Waals surface area contributed by atoms with Crippen LogP contribution in [0.4, 0.5) is 15.8 Å². The fourth-order valence-electron chi connectivity index (χ4n) is 8.92. The fourth-order valence-corrected chi connectivity index (χ4v) is 10.0. The van der Waals surface area contributed by atoms with Crippen molar-refractivity contribution in [2.45, 2.75) is 50.3 Å². The molecule has 64 heavy (non-hydrogen) atoms. The summed E-state index contributed by atoms with van der Waals surface area (Å²) in [5.74, 6) is -1.30. The Bertz CT molecular complexity index is 2910. The second kappa shape index (κ2) is 17.4. The quantitative estimate of drug-likeness (QED) is 0.0947. The van der Waals surface area contributed by atoms with Gasteiger partial charge in [-0.05, 0) is 96.3 Å². The molecular formula is C48H46ClFN6O7S. The first-order chi connectivity index (χ1) is 30.7. The van der Waals surface area contributed by atoms with E-state index in [2.05, 4.69) is 50.5 Å². The number of hydrogen-bond donors (Lipinski definition) is 2. The number of amides is 1. The summed E-state index contributed by atoms with van der Waals surface area (Å²) in [4.78, 5) is 37.3. The molecule has 1 saturated heterocycles. The van der Waals surface area contributed by atoms with Gasteiger partial charge in [0.2, 0.25) is 0 Å². The number of ether oxygens (including phenoxy) is 2. The largest absolute Gasteiger partial charge is 0.492 e. The fraction of sp³-hybridized carbons (Fsp3) is 0.292. The Hall–Kier alpha value is -6.29. The van der Waals surface area contributed by atoms with Crippen LogP contribution in [0, 0.1) is 21.3 Å². The number of H-pyrrole nitrogens is 1. The number of nitrogens with zero attached hydrogens (tertiary/aromatic N) is 4. The molecule has 1 fully saturated rings. The number of benzene rings is 4. The third-order valence-corrected chi connectivity index (χ3v) is 14.0. The summed E-state index contributed by atoms with van der Waals surface area (Å²) >= 11 is 6.24. The van der Waals surface area contributed by atoms with E-state index in [0.717, 1.165) is 66.6 Å². The number of anilines is 1. The summed E-state index contributed by atoms with van der Waals surface area (Å²) in [6.07, 6.45) is 6.58. The van der Waals surface area contributed by atoms with Gasteiger partial charge in [-0.2, -0.15) is 0 Å². The lowest BCUT2D eigenvalue weighted by atomic mass is 9.72. The molecule has 0 saturated carbocycles. The number of nitrogens with one attached hydrogen (secondary N) is 2. The van der Waals surface area contributed by atoms with Crippen molar-refractivity contribution in [2.75, 3.05) is 44.2 Å². The van der Waals surface area contributed by atoms with Crippen molar-refractivity contribution < 1.29 is 32.0 Å². The number of fused-ring (bicyclic) bond motifs is 2. The summed E-state index contributed by atoms with van der Waals surface area (Å²) < 4.78 is 55.7. The maximum Gasteiger partial charge on any atom is 0.277 e. The lowest BCUT2D eigenvalue weighted by Gasteiger charge is -2.39. The third-order valence-electron chi connectivity index (χ3n) is 12.5. The molecule has 2 aromatic heterocycles. The predicted octanol–water partition coefficient (Wildman–Crippen LogP) is 9.68. The molecule has 1 atom stereocenters. The molecular weight excluding hydrogens is 859 g/mol. The Morgan fingerprint density at radius 2 is 1.80 bits per heavy atom. The molecule has 2 N–H and O–H groups in total. The predicted molar refractivity (Wildman–Crippen MR) is 243 cm³/mol. The Morgan fingerprint density at radius 1 is 1.03 bits per heavy atom. The van der Waals surface area contributed by atoms with Crippen molar-refractivity contribution in [1.82, 2.24) is 19.6 Å². The second-order valence-corrected chi connectivity index (χ2v) is 19.6. The van der Waals surface area contributed by atoms with Gasteiger partial charge in [0.15, 0.2) is 0 Å². The number of halogens is 2. The Balaban J connectivity index is 0.953. The molecule has 0 radical (unpaired) electrons. The summed E-state index contributed by atoms with van der Waals surface area (Å²) in [7, 11) is -4.68. The van der Waals surface area contributed by atoms with Crippen molar-refractivity contribution >= 4 is 55.5 Å². The SMILES string of the molecule is CC1(C)CCC(CN2CCN(c3ccc(C(=O)NS(=O)(=O)c4cc5c(c([N+](=O)[O-])c4)C[C@H](c4ccc(F)cc4)CO5)c(Oc4cnc5[nH]ccc5c4)c3)CC2)=C(c2ccc(Cl)cc2)C1. The first-order valence-electron chi connectivity index (χ1n) is 21.1. The second-order valence-electron chi connectivity index (χ2n) is 17.4. The van der Waals surface area contributed by atoms with Crippen LogP contribution in [0.1, 0.15) is 66.1 Å². The molecule has 16 heteroatoms. The van der Waals surface area contributed by atoms with Crippen LogP contribution in [0.25, 0.3) is 16.6 Å². The highest BCUT2D eigenvalue weighted by Crippen LogP contribution is 2.44. The maximum absolute atomic E-state index is 14.0. The standard InChI is InChI=1S/C48H46ClFN6O7S/c1-48(2)15-13-33(42(26-48)31-3-7-35(49)8-4-31)28-54-17-19-55(20-18-54)37-11-12-40(45(23-37)63-38-21-32-14-16-51-46(32)52-27-38)47(57)53-64(60,61)39-24-43(56(58)59)41-22-34(29-62-44(41)25-39)30-5-9-36(50)10-6-30/h3-12,14,16,21,23-25,27,34H,13,15,17-20,22,26,28-29H2,1-2H3,(H,51,52)(H,53,57)/t34-/m0/s1. The zero-order valence-corrected chi connectivity index (χ0v) is 36.8. The van der Waals surface area contributed by atoms with Crippen LogP contribution in [0.15, 0.2) is 114 Å². The van der Waals surface area contributed by atoms with Crippen molar-refractivity contribution in [2.24, 2.45) is 5.41 Å². The van der Waals surface area contributed by atoms with Gasteiger partial charge < -0.3 is 19.4 Å². The lowest BCUT2D eigenvalue weighted by Crippen LogP contribution is -2.47. The molecule has 4 heterocycles. The molecule has 1 amide bonds. The number of nitro benzene ring substituents is 1. The van der Waals surface area contributed by atoms with Crippen molar-refractivity contribution in [3.05, 3.63) is 152 Å². The zero-order chi connectivity index (χ0) is 44.8. The van der Waals surface area contributed by atoms with E-state index < -0.39 is 37.3 Å². The van der Waals surface area contributed by atoms with Crippen LogP contribution in [-0.4, -0.2) is 73.4 Å². The first-order valence-corrected chi connectivity index (χ1v) is 23.0. The average molecular weight is 905 g/mol. The van der Waals surface area contributed by atoms with Crippen molar-refractivity contribution in [3.63, 3.8) is 0 Å². The van der Waals surface area contributed by atoms with E-state index in [1.165, 1.54) is 47.2 Å². The molecule has 2 aliphatic heterocycles. The van der Waals surface area contributed by atoms with E-state index in [9.17, 15) is 27.7 Å². The van der Waals surface area contributed by atoms with Crippen LogP contribution in [0.2, 0.25) is 5.02 Å². The number of piperazine rings is 1. The van der Waals surface area contributed by atoms with Crippen LogP contribution in [0.5, 0.6) is 17.2 Å². The number of hydrogen-bond acceptors (Lipinski definition) is 10. The van der Waals surface area contributed by atoms with Crippen LogP contribution in [-0.2, 0) is 16.4 Å². The molecule has 0 unspecified atom stereocenters. The average Bonchev–Trinajstić information content (AvgIpc) is 3.75. The monoisotopic (exact) mass is 904 g/mol. The number of aromatic nitrogens is 2. The van der Waals surface area contributed by atoms with Gasteiger partial charge in [0.25, 0.3) is 21.6 Å². The van der Waals surface area contributed by atoms with E-state index in [0.29, 0.717) is 24.5 Å². The smallest absolute Gasteiger partial charge is 0.277 e. The lowest BCUT2D eigenvalue weighted by molar-refractivity contribution is -0.386. The van der Waals surface area contributed by atoms with Crippen molar-refractivity contribution in [3.8, 4) is 17.2 Å². The number of carbonyl (C=O) groups is 1. The number of sulfonamides is 1. The minimum Gasteiger partial charge on any atom is -0.492 e. The summed E-state index contributed by atoms with van der Waals surface area (Å²) in [6, 6.07) is 24.6. The van der Waals surface area contributed by atoms with E-state index in [-0.39, 0.29) is 47.0 Å². The number of nitro groups is 1. The maximum atomic E-state index is 14.0.